The Bertz CT molecular complexity index is 2800. The first-order valence-electron chi connectivity index (χ1n) is 30.5. The van der Waals surface area contributed by atoms with Crippen molar-refractivity contribution in [1.29, 1.82) is 0 Å². The van der Waals surface area contributed by atoms with Gasteiger partial charge < -0.3 is 75.1 Å². The number of benzene rings is 2. The number of rotatable bonds is 48. The van der Waals surface area contributed by atoms with E-state index in [1.165, 1.54) is 4.57 Å². The SMILES string of the molecule is Cn1c(=O)c(-c2c(Cl)cccc2Cl)cc2cnc(Nc3cccc(C(=O)NCCOCCOCCOCCOCCOCCOCCOCCOCCNC(=O)CCCCCNC(=O)CCCCCNC(=O)CCCC[C@@H]4SCC5NC(=O)NC54)c3)nc21. The Morgan fingerprint density at radius 2 is 1.08 bits per heavy atom. The molecule has 6 rings (SSSR count). The third-order valence-corrected chi connectivity index (χ3v) is 16.3. The van der Waals surface area contributed by atoms with Crippen LogP contribution >= 0.6 is 35.0 Å². The van der Waals surface area contributed by atoms with Crippen molar-refractivity contribution in [3.8, 4) is 11.1 Å². The Kier molecular flexibility index (Phi) is 34.3. The predicted molar refractivity (Wildman–Crippen MR) is 339 cm³/mol. The van der Waals surface area contributed by atoms with Gasteiger partial charge in [0.15, 0.2) is 0 Å². The molecule has 24 nitrogen and oxygen atoms in total. The number of halogens is 2. The molecule has 0 saturated carbocycles. The highest BCUT2D eigenvalue weighted by Crippen LogP contribution is 2.35. The van der Waals surface area contributed by atoms with Crippen LogP contribution in [0.1, 0.15) is 87.4 Å². The molecule has 0 aliphatic carbocycles. The van der Waals surface area contributed by atoms with Gasteiger partial charge in [0.1, 0.15) is 5.65 Å². The average Bonchev–Trinajstić information content (AvgIpc) is 2.68. The lowest BCUT2D eigenvalue weighted by Gasteiger charge is -2.16. The second-order valence-electron chi connectivity index (χ2n) is 20.9. The number of aryl methyl sites for hydroxylation is 1. The van der Waals surface area contributed by atoms with Crippen LogP contribution in [-0.4, -0.2) is 199 Å². The summed E-state index contributed by atoms with van der Waals surface area (Å²) in [4.78, 5) is 83.2. The van der Waals surface area contributed by atoms with Gasteiger partial charge in [0.2, 0.25) is 23.7 Å². The highest BCUT2D eigenvalue weighted by Gasteiger charge is 2.42. The Morgan fingerprint density at radius 3 is 1.62 bits per heavy atom. The van der Waals surface area contributed by atoms with Crippen LogP contribution < -0.4 is 42.8 Å². The van der Waals surface area contributed by atoms with Crippen LogP contribution in [0.5, 0.6) is 0 Å². The van der Waals surface area contributed by atoms with Crippen molar-refractivity contribution in [2.75, 3.05) is 143 Å². The first kappa shape index (κ1) is 71.4. The third-order valence-electron chi connectivity index (χ3n) is 14.2. The number of carbonyl (C=O) groups is 5. The maximum atomic E-state index is 13.3. The Morgan fingerprint density at radius 1 is 0.591 bits per heavy atom. The summed E-state index contributed by atoms with van der Waals surface area (Å²) < 4.78 is 45.8. The molecule has 2 unspecified atom stereocenters. The summed E-state index contributed by atoms with van der Waals surface area (Å²) in [7, 11) is 1.62. The topological polar surface area (TPSA) is 291 Å². The smallest absolute Gasteiger partial charge is 0.315 e. The van der Waals surface area contributed by atoms with E-state index < -0.39 is 0 Å². The molecule has 0 spiro atoms. The van der Waals surface area contributed by atoms with Gasteiger partial charge in [0.25, 0.3) is 11.5 Å². The number of amides is 6. The summed E-state index contributed by atoms with van der Waals surface area (Å²) in [5, 5.41) is 22.5. The Labute approximate surface area is 529 Å². The van der Waals surface area contributed by atoms with Crippen molar-refractivity contribution < 1.29 is 61.9 Å². The van der Waals surface area contributed by atoms with Crippen molar-refractivity contribution in [2.24, 2.45) is 7.05 Å². The maximum Gasteiger partial charge on any atom is 0.315 e. The minimum absolute atomic E-state index is 0.0166. The molecule has 486 valence electrons. The molecule has 4 aromatic rings. The van der Waals surface area contributed by atoms with E-state index in [2.05, 4.69) is 47.2 Å². The van der Waals surface area contributed by atoms with Gasteiger partial charge in [-0.2, -0.15) is 16.7 Å². The number of urea groups is 1. The van der Waals surface area contributed by atoms with Gasteiger partial charge in [-0.3, -0.25) is 28.5 Å². The summed E-state index contributed by atoms with van der Waals surface area (Å²) in [5.74, 6) is 1.01. The zero-order valence-corrected chi connectivity index (χ0v) is 52.8. The van der Waals surface area contributed by atoms with Gasteiger partial charge in [-0.1, -0.05) is 54.6 Å². The van der Waals surface area contributed by atoms with Crippen molar-refractivity contribution in [1.82, 2.24) is 46.4 Å². The predicted octanol–water partition coefficient (Wildman–Crippen LogP) is 6.10. The molecule has 4 heterocycles. The lowest BCUT2D eigenvalue weighted by Crippen LogP contribution is -2.36. The molecule has 2 aromatic carbocycles. The molecule has 0 radical (unpaired) electrons. The molecular weight excluding hydrogens is 1200 g/mol. The summed E-state index contributed by atoms with van der Waals surface area (Å²) >= 11 is 14.7. The first-order chi connectivity index (χ1) is 43.0. The quantitative estimate of drug-likeness (QED) is 0.0194. The van der Waals surface area contributed by atoms with Crippen molar-refractivity contribution in [3.63, 3.8) is 0 Å². The average molecular weight is 1290 g/mol. The van der Waals surface area contributed by atoms with Crippen LogP contribution in [0.3, 0.4) is 0 Å². The van der Waals surface area contributed by atoms with Gasteiger partial charge in [0.05, 0.1) is 133 Å². The highest BCUT2D eigenvalue weighted by molar-refractivity contribution is 8.00. The Balaban J connectivity index is 0.610. The van der Waals surface area contributed by atoms with E-state index in [-0.39, 0.29) is 53.3 Å². The van der Waals surface area contributed by atoms with E-state index in [0.717, 1.165) is 63.5 Å². The van der Waals surface area contributed by atoms with Crippen molar-refractivity contribution in [2.45, 2.75) is 94.4 Å². The molecule has 2 aromatic heterocycles. The number of fused-ring (bicyclic) bond motifs is 2. The van der Waals surface area contributed by atoms with Gasteiger partial charge in [-0.25, -0.2) is 9.78 Å². The zero-order valence-electron chi connectivity index (χ0n) is 50.5. The lowest BCUT2D eigenvalue weighted by atomic mass is 10.0. The molecule has 27 heteroatoms. The van der Waals surface area contributed by atoms with Crippen LogP contribution in [0.2, 0.25) is 10.0 Å². The number of hydrogen-bond donors (Lipinski definition) is 7. The minimum atomic E-state index is -0.315. The molecule has 2 aliphatic heterocycles. The number of aromatic nitrogens is 3. The summed E-state index contributed by atoms with van der Waals surface area (Å²) in [6.07, 6.45) is 10.7. The number of hydrogen-bond acceptors (Lipinski definition) is 18. The molecule has 3 atom stereocenters. The molecule has 88 heavy (non-hydrogen) atoms. The fourth-order valence-electron chi connectivity index (χ4n) is 9.52. The molecule has 2 aliphatic rings. The number of anilines is 2. The molecule has 2 saturated heterocycles. The molecular formula is C61H88Cl2N10O14S. The van der Waals surface area contributed by atoms with E-state index in [1.807, 2.05) is 11.8 Å². The number of nitrogens with one attached hydrogen (secondary N) is 7. The normalized spacial score (nSPS) is 15.2. The number of nitrogens with zero attached hydrogens (tertiary/aromatic N) is 3. The number of unbranched alkanes of at least 4 members (excludes halogenated alkanes) is 5. The second kappa shape index (κ2) is 42.3. The van der Waals surface area contributed by atoms with Gasteiger partial charge in [0, 0.05) is 91.9 Å². The second-order valence-corrected chi connectivity index (χ2v) is 23.0. The molecule has 7 N–H and O–H groups in total. The first-order valence-corrected chi connectivity index (χ1v) is 32.3. The highest BCUT2D eigenvalue weighted by atomic mass is 35.5. The van der Waals surface area contributed by atoms with E-state index in [4.69, 9.17) is 61.1 Å². The number of pyridine rings is 1. The Hall–Kier alpha value is -5.71. The molecule has 0 bridgehead atoms. The lowest BCUT2D eigenvalue weighted by molar-refractivity contribution is -0.122. The van der Waals surface area contributed by atoms with E-state index in [0.29, 0.717) is 200 Å². The fraction of sp³-hybridized carbons (Fsp3) is 0.607. The van der Waals surface area contributed by atoms with Crippen molar-refractivity contribution >= 4 is 87.3 Å². The van der Waals surface area contributed by atoms with Crippen molar-refractivity contribution in [3.05, 3.63) is 80.7 Å². The summed E-state index contributed by atoms with van der Waals surface area (Å²) in [6, 6.07) is 14.0. The number of thioether (sulfide) groups is 1. The summed E-state index contributed by atoms with van der Waals surface area (Å²) in [6.45, 7) is 8.59. The van der Waals surface area contributed by atoms with Crippen LogP contribution in [0.15, 0.2) is 59.5 Å². The van der Waals surface area contributed by atoms with E-state index in [1.54, 1.807) is 61.8 Å². The number of ether oxygens (including phenoxy) is 8. The van der Waals surface area contributed by atoms with E-state index in [9.17, 15) is 28.8 Å². The van der Waals surface area contributed by atoms with Crippen LogP contribution in [0.4, 0.5) is 16.4 Å². The van der Waals surface area contributed by atoms with E-state index >= 15 is 0 Å². The van der Waals surface area contributed by atoms with Crippen LogP contribution in [0.25, 0.3) is 22.2 Å². The molecule has 6 amide bonds. The largest absolute Gasteiger partial charge is 0.377 e. The van der Waals surface area contributed by atoms with Gasteiger partial charge in [-0.05, 0) is 74.9 Å². The van der Waals surface area contributed by atoms with Crippen LogP contribution in [0, 0.1) is 0 Å². The minimum Gasteiger partial charge on any atom is -0.377 e. The van der Waals surface area contributed by atoms with Crippen LogP contribution in [-0.2, 0) is 59.3 Å². The monoisotopic (exact) mass is 1290 g/mol. The standard InChI is InChI=1S/C61H88Cl2N10O14S/c1-73-57-45(41-47(59(73)78)55-48(62)14-11-15-49(55)63)42-68-60(72-57)69-46-13-10-12-44(40-46)58(77)67-23-25-81-27-29-83-31-33-85-35-37-87-39-38-86-36-34-84-32-30-82-28-26-80-24-22-66-54(76)18-5-3-9-20-64-52(74)17-4-2-8-21-65-53(75)19-7-6-16-51-56-50(43-88-51)70-61(79)71-56/h10-15,40-42,50-51,56H,2-9,16-39,43H2,1H3,(H,64,74)(H,65,75)(H,66,76)(H,67,77)(H,68,69,72)(H2,70,71,79)/t50?,51-,56?/m0/s1. The fourth-order valence-corrected chi connectivity index (χ4v) is 11.7. The molecule has 2 fully saturated rings. The van der Waals surface area contributed by atoms with Gasteiger partial charge in [-0.15, -0.1) is 0 Å². The zero-order chi connectivity index (χ0) is 62.4. The van der Waals surface area contributed by atoms with Gasteiger partial charge >= 0.3 is 6.03 Å². The maximum absolute atomic E-state index is 13.3. The summed E-state index contributed by atoms with van der Waals surface area (Å²) in [5.41, 5.74) is 1.89. The number of carbonyl (C=O) groups excluding carboxylic acids is 5. The third kappa shape index (κ3) is 27.2.